The summed E-state index contributed by atoms with van der Waals surface area (Å²) in [7, 11) is 1.70. The maximum Gasteiger partial charge on any atom is 0.414 e. The monoisotopic (exact) mass is 299 g/mol. The van der Waals surface area contributed by atoms with Crippen molar-refractivity contribution in [1.29, 1.82) is 0 Å². The van der Waals surface area contributed by atoms with E-state index in [0.29, 0.717) is 6.54 Å². The van der Waals surface area contributed by atoms with Crippen LogP contribution >= 0.6 is 17.0 Å². The van der Waals surface area contributed by atoms with Gasteiger partial charge in [0.25, 0.3) is 0 Å². The van der Waals surface area contributed by atoms with Crippen molar-refractivity contribution in [3.63, 3.8) is 0 Å². The molecule has 0 bridgehead atoms. The molecule has 0 aliphatic carbocycles. The second kappa shape index (κ2) is 7.12. The maximum atomic E-state index is 11.3. The van der Waals surface area contributed by atoms with Gasteiger partial charge in [-0.05, 0) is 19.4 Å². The van der Waals surface area contributed by atoms with Crippen molar-refractivity contribution in [3.8, 4) is 0 Å². The number of carbonyl (C=O) groups is 1. The van der Waals surface area contributed by atoms with E-state index in [2.05, 4.69) is 29.5 Å². The molecule has 0 atom stereocenters. The van der Waals surface area contributed by atoms with Gasteiger partial charge in [0.15, 0.2) is 0 Å². The maximum absolute atomic E-state index is 11.3. The summed E-state index contributed by atoms with van der Waals surface area (Å²) in [5.41, 5.74) is 3.49. The molecule has 1 amide bonds. The number of halogens is 1. The molecule has 4 heteroatoms. The lowest BCUT2D eigenvalue weighted by atomic mass is 10.1. The smallest absolute Gasteiger partial charge is 0.414 e. The summed E-state index contributed by atoms with van der Waals surface area (Å²) in [5.74, 6) is 0. The van der Waals surface area contributed by atoms with Crippen molar-refractivity contribution in [2.24, 2.45) is 0 Å². The second-order valence-corrected chi connectivity index (χ2v) is 3.90. The Balaban J connectivity index is 0.00000256. The second-order valence-electron chi connectivity index (χ2n) is 3.90. The number of rotatable bonds is 3. The topological polar surface area (TPSA) is 29.5 Å². The molecule has 0 saturated heterocycles. The molecule has 0 aliphatic rings. The van der Waals surface area contributed by atoms with Crippen LogP contribution in [0.25, 0.3) is 0 Å². The van der Waals surface area contributed by atoms with Crippen LogP contribution in [0.1, 0.15) is 16.7 Å². The largest absolute Gasteiger partial charge is 0.419 e. The molecule has 1 aromatic carbocycles. The van der Waals surface area contributed by atoms with E-state index in [4.69, 9.17) is 0 Å². The van der Waals surface area contributed by atoms with E-state index in [1.54, 1.807) is 7.05 Å². The minimum Gasteiger partial charge on any atom is -0.419 e. The molecule has 17 heavy (non-hydrogen) atoms. The fourth-order valence-electron chi connectivity index (χ4n) is 1.66. The highest BCUT2D eigenvalue weighted by Crippen LogP contribution is 2.11. The molecule has 0 aliphatic heterocycles. The van der Waals surface area contributed by atoms with Crippen LogP contribution in [0.3, 0.4) is 0 Å². The summed E-state index contributed by atoms with van der Waals surface area (Å²) in [4.78, 5) is 12.9. The highest BCUT2D eigenvalue weighted by atomic mass is 79.9. The van der Waals surface area contributed by atoms with Crippen LogP contribution in [0.4, 0.5) is 4.79 Å². The Kier molecular flexibility index (Phi) is 6.58. The summed E-state index contributed by atoms with van der Waals surface area (Å²) in [5, 5.41) is 0. The van der Waals surface area contributed by atoms with Crippen LogP contribution in [0.2, 0.25) is 0 Å². The molecule has 0 unspecified atom stereocenters. The molecular weight excluding hydrogens is 282 g/mol. The third kappa shape index (κ3) is 5.04. The third-order valence-electron chi connectivity index (χ3n) is 2.20. The summed E-state index contributed by atoms with van der Waals surface area (Å²) >= 11 is 0. The van der Waals surface area contributed by atoms with Crippen molar-refractivity contribution in [2.45, 2.75) is 20.4 Å². The van der Waals surface area contributed by atoms with E-state index < -0.39 is 6.09 Å². The minimum absolute atomic E-state index is 0. The molecule has 94 valence electrons. The van der Waals surface area contributed by atoms with Crippen molar-refractivity contribution in [2.75, 3.05) is 7.05 Å². The zero-order valence-electron chi connectivity index (χ0n) is 10.4. The van der Waals surface area contributed by atoms with E-state index in [0.717, 1.165) is 11.8 Å². The van der Waals surface area contributed by atoms with Gasteiger partial charge < -0.3 is 9.64 Å². The van der Waals surface area contributed by atoms with Gasteiger partial charge in [0, 0.05) is 13.6 Å². The van der Waals surface area contributed by atoms with Gasteiger partial charge in [-0.1, -0.05) is 35.9 Å². The number of amides is 1. The lowest BCUT2D eigenvalue weighted by Crippen LogP contribution is -2.25. The van der Waals surface area contributed by atoms with E-state index in [-0.39, 0.29) is 17.0 Å². The Hall–Kier alpha value is -1.29. The van der Waals surface area contributed by atoms with Crippen LogP contribution < -0.4 is 0 Å². The first kappa shape index (κ1) is 15.7. The normalized spacial score (nSPS) is 9.12. The number of nitrogens with zero attached hydrogens (tertiary/aromatic N) is 1. The van der Waals surface area contributed by atoms with Gasteiger partial charge in [0.2, 0.25) is 0 Å². The molecule has 0 saturated carbocycles. The van der Waals surface area contributed by atoms with E-state index in [1.807, 2.05) is 13.8 Å². The standard InChI is InChI=1S/C13H17NO2.BrH/c1-5-16-13(15)14(4)9-12-7-10(2)6-11(3)8-12;/h5-8H,1,9H2,2-4H3;1H. The Morgan fingerprint density at radius 1 is 1.35 bits per heavy atom. The Bertz CT molecular complexity index is 384. The van der Waals surface area contributed by atoms with Gasteiger partial charge in [0.1, 0.15) is 0 Å². The van der Waals surface area contributed by atoms with Crippen LogP contribution in [0.5, 0.6) is 0 Å². The van der Waals surface area contributed by atoms with Crippen LogP contribution in [-0.2, 0) is 11.3 Å². The molecule has 1 rings (SSSR count). The highest BCUT2D eigenvalue weighted by molar-refractivity contribution is 8.93. The molecule has 0 aromatic heterocycles. The summed E-state index contributed by atoms with van der Waals surface area (Å²) in [6.45, 7) is 7.97. The number of hydrogen-bond donors (Lipinski definition) is 0. The fourth-order valence-corrected chi connectivity index (χ4v) is 1.66. The molecule has 0 radical (unpaired) electrons. The highest BCUT2D eigenvalue weighted by Gasteiger charge is 2.09. The number of ether oxygens (including phenoxy) is 1. The van der Waals surface area contributed by atoms with Crippen molar-refractivity contribution in [1.82, 2.24) is 4.90 Å². The van der Waals surface area contributed by atoms with Crippen molar-refractivity contribution < 1.29 is 9.53 Å². The molecule has 0 fully saturated rings. The predicted molar refractivity (Wildman–Crippen MR) is 74.4 cm³/mol. The predicted octanol–water partition coefficient (Wildman–Crippen LogP) is 3.59. The van der Waals surface area contributed by atoms with Crippen LogP contribution in [-0.4, -0.2) is 18.0 Å². The average Bonchev–Trinajstić information content (AvgIpc) is 2.16. The van der Waals surface area contributed by atoms with Gasteiger partial charge in [-0.2, -0.15) is 0 Å². The van der Waals surface area contributed by atoms with Crippen LogP contribution in [0, 0.1) is 13.8 Å². The molecule has 0 heterocycles. The number of benzene rings is 1. The lowest BCUT2D eigenvalue weighted by Gasteiger charge is -2.16. The van der Waals surface area contributed by atoms with Gasteiger partial charge in [-0.15, -0.1) is 17.0 Å². The Labute approximate surface area is 113 Å². The summed E-state index contributed by atoms with van der Waals surface area (Å²) in [6.07, 6.45) is 0.745. The molecule has 3 nitrogen and oxygen atoms in total. The lowest BCUT2D eigenvalue weighted by molar-refractivity contribution is 0.145. The quantitative estimate of drug-likeness (QED) is 0.798. The minimum atomic E-state index is -0.394. The SMILES string of the molecule is Br.C=COC(=O)N(C)Cc1cc(C)cc(C)c1. The average molecular weight is 300 g/mol. The Morgan fingerprint density at radius 3 is 2.35 bits per heavy atom. The zero-order valence-corrected chi connectivity index (χ0v) is 12.1. The van der Waals surface area contributed by atoms with Crippen molar-refractivity contribution >= 4 is 23.1 Å². The van der Waals surface area contributed by atoms with Gasteiger partial charge >= 0.3 is 6.09 Å². The summed E-state index contributed by atoms with van der Waals surface area (Å²) in [6, 6.07) is 6.22. The number of carbonyl (C=O) groups excluding carboxylic acids is 1. The van der Waals surface area contributed by atoms with Gasteiger partial charge in [0.05, 0.1) is 6.26 Å². The molecule has 0 spiro atoms. The number of aryl methyl sites for hydroxylation is 2. The summed E-state index contributed by atoms with van der Waals surface area (Å²) < 4.78 is 4.69. The van der Waals surface area contributed by atoms with Gasteiger partial charge in [-0.25, -0.2) is 4.79 Å². The van der Waals surface area contributed by atoms with E-state index >= 15 is 0 Å². The fraction of sp³-hybridized carbons (Fsp3) is 0.308. The van der Waals surface area contributed by atoms with E-state index in [9.17, 15) is 4.79 Å². The third-order valence-corrected chi connectivity index (χ3v) is 2.20. The molecular formula is C13H18BrNO2. The zero-order chi connectivity index (χ0) is 12.1. The first-order chi connectivity index (χ1) is 7.52. The van der Waals surface area contributed by atoms with Gasteiger partial charge in [-0.3, -0.25) is 0 Å². The van der Waals surface area contributed by atoms with Crippen molar-refractivity contribution in [3.05, 3.63) is 47.7 Å². The van der Waals surface area contributed by atoms with Crippen LogP contribution in [0.15, 0.2) is 31.0 Å². The van der Waals surface area contributed by atoms with E-state index in [1.165, 1.54) is 16.0 Å². The first-order valence-corrected chi connectivity index (χ1v) is 5.12. The first-order valence-electron chi connectivity index (χ1n) is 5.12. The number of hydrogen-bond acceptors (Lipinski definition) is 2. The molecule has 0 N–H and O–H groups in total. The Morgan fingerprint density at radius 2 is 1.88 bits per heavy atom. The molecule has 1 aromatic rings.